The zero-order chi connectivity index (χ0) is 22.3. The van der Waals surface area contributed by atoms with Gasteiger partial charge in [0.25, 0.3) is 0 Å². The van der Waals surface area contributed by atoms with Crippen LogP contribution in [-0.2, 0) is 11.0 Å². The number of halogens is 4. The normalized spacial score (nSPS) is 15.4. The second-order valence-corrected chi connectivity index (χ2v) is 7.87. The van der Waals surface area contributed by atoms with Gasteiger partial charge in [0.05, 0.1) is 39.0 Å². The number of carboxylic acids is 1. The minimum Gasteiger partial charge on any atom is -0.481 e. The Bertz CT molecular complexity index is 1160. The van der Waals surface area contributed by atoms with Crippen molar-refractivity contribution in [1.29, 1.82) is 0 Å². The molecule has 1 fully saturated rings. The van der Waals surface area contributed by atoms with Crippen molar-refractivity contribution in [3.63, 3.8) is 0 Å². The van der Waals surface area contributed by atoms with Gasteiger partial charge in [-0.05, 0) is 43.2 Å². The van der Waals surface area contributed by atoms with E-state index in [1.807, 2.05) is 4.90 Å². The standard InChI is InChI=1S/C22H18ClF3N2O3/c23-15-5-3-4-14(22(24,25)26)19(15)20(29)18-12-17(16-6-1-2-9-28(16)18)27-10-7-13(8-11-27)21(30)31/h1-6,9,12-13H,7-8,10-11H2,(H,30,31). The molecule has 0 bridgehead atoms. The van der Waals surface area contributed by atoms with Crippen LogP contribution in [0.2, 0.25) is 5.02 Å². The van der Waals surface area contributed by atoms with Gasteiger partial charge in [-0.1, -0.05) is 23.7 Å². The van der Waals surface area contributed by atoms with E-state index >= 15 is 0 Å². The van der Waals surface area contributed by atoms with Gasteiger partial charge in [-0.25, -0.2) is 0 Å². The highest BCUT2D eigenvalue weighted by Crippen LogP contribution is 2.37. The van der Waals surface area contributed by atoms with Gasteiger partial charge >= 0.3 is 12.1 Å². The van der Waals surface area contributed by atoms with Gasteiger partial charge in [0, 0.05) is 19.3 Å². The van der Waals surface area contributed by atoms with E-state index in [9.17, 15) is 27.9 Å². The van der Waals surface area contributed by atoms with E-state index in [4.69, 9.17) is 11.6 Å². The topological polar surface area (TPSA) is 62.0 Å². The molecule has 1 aromatic carbocycles. The number of pyridine rings is 1. The first-order valence-corrected chi connectivity index (χ1v) is 10.0. The van der Waals surface area contributed by atoms with Crippen LogP contribution in [-0.4, -0.2) is 34.3 Å². The van der Waals surface area contributed by atoms with E-state index in [0.717, 1.165) is 12.1 Å². The summed E-state index contributed by atoms with van der Waals surface area (Å²) in [5, 5.41) is 8.95. The summed E-state index contributed by atoms with van der Waals surface area (Å²) < 4.78 is 42.2. The monoisotopic (exact) mass is 450 g/mol. The van der Waals surface area contributed by atoms with Gasteiger partial charge in [-0.15, -0.1) is 0 Å². The summed E-state index contributed by atoms with van der Waals surface area (Å²) in [6.07, 6.45) is -2.22. The highest BCUT2D eigenvalue weighted by Gasteiger charge is 2.37. The molecule has 0 spiro atoms. The highest BCUT2D eigenvalue weighted by atomic mass is 35.5. The first-order chi connectivity index (χ1) is 14.7. The van der Waals surface area contributed by atoms with Crippen LogP contribution in [0.1, 0.15) is 34.5 Å². The Morgan fingerprint density at radius 2 is 1.77 bits per heavy atom. The summed E-state index contributed by atoms with van der Waals surface area (Å²) in [7, 11) is 0. The number of aromatic nitrogens is 1. The Labute approximate surface area is 180 Å². The summed E-state index contributed by atoms with van der Waals surface area (Å²) in [5.74, 6) is -2.09. The SMILES string of the molecule is O=C(c1c(Cl)cccc1C(F)(F)F)c1cc(N2CCC(C(=O)O)CC2)c2ccccn12. The molecule has 0 unspecified atom stereocenters. The predicted molar refractivity (Wildman–Crippen MR) is 110 cm³/mol. The Hall–Kier alpha value is -3.00. The highest BCUT2D eigenvalue weighted by molar-refractivity contribution is 6.35. The largest absolute Gasteiger partial charge is 0.481 e. The third-order valence-corrected chi connectivity index (χ3v) is 5.93. The molecule has 0 amide bonds. The molecule has 5 nitrogen and oxygen atoms in total. The Morgan fingerprint density at radius 1 is 1.06 bits per heavy atom. The van der Waals surface area contributed by atoms with Crippen molar-refractivity contribution >= 4 is 34.6 Å². The van der Waals surface area contributed by atoms with Gasteiger partial charge < -0.3 is 14.4 Å². The smallest absolute Gasteiger partial charge is 0.417 e. The third kappa shape index (κ3) is 3.87. The zero-order valence-electron chi connectivity index (χ0n) is 16.2. The average molecular weight is 451 g/mol. The number of carbonyl (C=O) groups excluding carboxylic acids is 1. The molecule has 162 valence electrons. The van der Waals surface area contributed by atoms with Crippen LogP contribution in [0.25, 0.3) is 5.52 Å². The maximum Gasteiger partial charge on any atom is 0.417 e. The number of piperidine rings is 1. The Morgan fingerprint density at radius 3 is 2.42 bits per heavy atom. The number of carbonyl (C=O) groups is 2. The molecule has 9 heteroatoms. The second-order valence-electron chi connectivity index (χ2n) is 7.46. The van der Waals surface area contributed by atoms with Crippen molar-refractivity contribution in [2.24, 2.45) is 5.92 Å². The zero-order valence-corrected chi connectivity index (χ0v) is 17.0. The van der Waals surface area contributed by atoms with Gasteiger partial charge in [0.2, 0.25) is 5.78 Å². The molecule has 3 aromatic rings. The molecule has 31 heavy (non-hydrogen) atoms. The van der Waals surface area contributed by atoms with Crippen LogP contribution >= 0.6 is 11.6 Å². The minimum absolute atomic E-state index is 0.0598. The summed E-state index contributed by atoms with van der Waals surface area (Å²) in [6, 6.07) is 10.0. The van der Waals surface area contributed by atoms with E-state index in [0.29, 0.717) is 37.1 Å². The molecule has 1 aliphatic heterocycles. The summed E-state index contributed by atoms with van der Waals surface area (Å²) >= 11 is 6.04. The number of aliphatic carboxylic acids is 1. The third-order valence-electron chi connectivity index (χ3n) is 5.62. The van der Waals surface area contributed by atoms with E-state index in [1.165, 1.54) is 6.07 Å². The lowest BCUT2D eigenvalue weighted by atomic mass is 9.96. The number of anilines is 1. The lowest BCUT2D eigenvalue weighted by Crippen LogP contribution is -2.36. The van der Waals surface area contributed by atoms with Gasteiger partial charge in [0.1, 0.15) is 0 Å². The number of benzene rings is 1. The van der Waals surface area contributed by atoms with Crippen LogP contribution in [0.4, 0.5) is 18.9 Å². The van der Waals surface area contributed by atoms with Crippen molar-refractivity contribution in [2.45, 2.75) is 19.0 Å². The fourth-order valence-corrected chi connectivity index (χ4v) is 4.31. The van der Waals surface area contributed by atoms with E-state index in [2.05, 4.69) is 0 Å². The number of nitrogens with zero attached hydrogens (tertiary/aromatic N) is 2. The van der Waals surface area contributed by atoms with Crippen LogP contribution in [0.15, 0.2) is 48.7 Å². The predicted octanol–water partition coefficient (Wildman–Crippen LogP) is 5.14. The number of alkyl halides is 3. The maximum absolute atomic E-state index is 13.5. The fraction of sp³-hybridized carbons (Fsp3) is 0.273. The van der Waals surface area contributed by atoms with Gasteiger partial charge in [-0.3, -0.25) is 9.59 Å². The van der Waals surface area contributed by atoms with Crippen LogP contribution < -0.4 is 4.90 Å². The minimum atomic E-state index is -4.73. The Balaban J connectivity index is 1.79. The van der Waals surface area contributed by atoms with Crippen molar-refractivity contribution in [2.75, 3.05) is 18.0 Å². The molecular formula is C22H18ClF3N2O3. The van der Waals surface area contributed by atoms with Crippen LogP contribution in [0.3, 0.4) is 0 Å². The van der Waals surface area contributed by atoms with Crippen molar-refractivity contribution in [3.8, 4) is 0 Å². The summed E-state index contributed by atoms with van der Waals surface area (Å²) in [4.78, 5) is 26.5. The van der Waals surface area contributed by atoms with Crippen LogP contribution in [0, 0.1) is 5.92 Å². The summed E-state index contributed by atoms with van der Waals surface area (Å²) in [6.45, 7) is 0.943. The van der Waals surface area contributed by atoms with Crippen molar-refractivity contribution in [1.82, 2.24) is 4.40 Å². The van der Waals surface area contributed by atoms with Gasteiger partial charge in [0.15, 0.2) is 0 Å². The molecule has 0 atom stereocenters. The molecular weight excluding hydrogens is 433 g/mol. The molecule has 2 aromatic heterocycles. The van der Waals surface area contributed by atoms with Crippen LogP contribution in [0.5, 0.6) is 0 Å². The van der Waals surface area contributed by atoms with Gasteiger partial charge in [-0.2, -0.15) is 13.2 Å². The molecule has 1 aliphatic rings. The number of fused-ring (bicyclic) bond motifs is 1. The van der Waals surface area contributed by atoms with E-state index < -0.39 is 35.0 Å². The number of ketones is 1. The lowest BCUT2D eigenvalue weighted by Gasteiger charge is -2.31. The average Bonchev–Trinajstić information content (AvgIpc) is 3.12. The second kappa shape index (κ2) is 7.92. The molecule has 1 N–H and O–H groups in total. The quantitative estimate of drug-likeness (QED) is 0.559. The first kappa shape index (κ1) is 21.2. The van der Waals surface area contributed by atoms with E-state index in [1.54, 1.807) is 34.9 Å². The molecule has 0 saturated carbocycles. The van der Waals surface area contributed by atoms with Crippen molar-refractivity contribution < 1.29 is 27.9 Å². The molecule has 1 saturated heterocycles. The maximum atomic E-state index is 13.5. The first-order valence-electron chi connectivity index (χ1n) is 9.66. The fourth-order valence-electron chi connectivity index (χ4n) is 4.05. The molecule has 4 rings (SSSR count). The molecule has 0 radical (unpaired) electrons. The summed E-state index contributed by atoms with van der Waals surface area (Å²) in [5.41, 5.74) is -0.283. The van der Waals surface area contributed by atoms with Crippen molar-refractivity contribution in [3.05, 3.63) is 70.5 Å². The number of carboxylic acid groups (broad SMARTS) is 1. The number of hydrogen-bond acceptors (Lipinski definition) is 3. The Kier molecular flexibility index (Phi) is 5.43. The van der Waals surface area contributed by atoms with E-state index in [-0.39, 0.29) is 10.7 Å². The molecule has 3 heterocycles. The number of rotatable bonds is 4. The number of hydrogen-bond donors (Lipinski definition) is 1. The molecule has 0 aliphatic carbocycles. The lowest BCUT2D eigenvalue weighted by molar-refractivity contribution is -0.142.